The van der Waals surface area contributed by atoms with E-state index in [0.717, 1.165) is 34.5 Å². The smallest absolute Gasteiger partial charge is 0.136 e. The molecule has 0 atom stereocenters. The summed E-state index contributed by atoms with van der Waals surface area (Å²) in [7, 11) is 1.67. The lowest BCUT2D eigenvalue weighted by Crippen LogP contribution is -2.05. The Bertz CT molecular complexity index is 874. The number of methoxy groups -OCH3 is 1. The van der Waals surface area contributed by atoms with Crippen molar-refractivity contribution in [2.45, 2.75) is 33.2 Å². The Morgan fingerprint density at radius 2 is 1.59 bits per heavy atom. The van der Waals surface area contributed by atoms with E-state index in [9.17, 15) is 0 Å². The zero-order valence-electron chi connectivity index (χ0n) is 16.3. The molecule has 0 amide bonds. The number of nitrogens with zero attached hydrogens (tertiary/aromatic N) is 2. The largest absolute Gasteiger partial charge is 0.497 e. The van der Waals surface area contributed by atoms with E-state index in [1.165, 1.54) is 5.56 Å². The van der Waals surface area contributed by atoms with Gasteiger partial charge in [0.15, 0.2) is 0 Å². The first-order valence-corrected chi connectivity index (χ1v) is 9.13. The number of nitrogens with one attached hydrogen (secondary N) is 2. The summed E-state index contributed by atoms with van der Waals surface area (Å²) in [6.45, 7) is 6.96. The van der Waals surface area contributed by atoms with E-state index < -0.39 is 0 Å². The normalized spacial score (nSPS) is 10.7. The molecule has 140 valence electrons. The summed E-state index contributed by atoms with van der Waals surface area (Å²) < 4.78 is 5.19. The van der Waals surface area contributed by atoms with Crippen LogP contribution < -0.4 is 15.4 Å². The van der Waals surface area contributed by atoms with Crippen LogP contribution in [0.4, 0.5) is 17.3 Å². The highest BCUT2D eigenvalue weighted by molar-refractivity contribution is 5.59. The van der Waals surface area contributed by atoms with Crippen LogP contribution in [0.2, 0.25) is 0 Å². The fourth-order valence-corrected chi connectivity index (χ4v) is 2.76. The molecule has 2 aromatic carbocycles. The van der Waals surface area contributed by atoms with Gasteiger partial charge in [-0.05, 0) is 48.2 Å². The molecule has 0 aliphatic heterocycles. The number of aryl methyl sites for hydroxylation is 1. The maximum absolute atomic E-state index is 5.19. The number of anilines is 3. The standard InChI is InChI=1S/C22H26N4O/c1-15(2)18-7-9-19(10-8-18)26-22-13-21(24-16(3)25-22)23-14-17-5-11-20(27-4)12-6-17/h5-13,15H,14H2,1-4H3,(H2,23,24,25,26). The van der Waals surface area contributed by atoms with Crippen molar-refractivity contribution in [3.63, 3.8) is 0 Å². The van der Waals surface area contributed by atoms with Gasteiger partial charge in [0, 0.05) is 18.3 Å². The highest BCUT2D eigenvalue weighted by Gasteiger charge is 2.04. The zero-order chi connectivity index (χ0) is 19.2. The third-order valence-corrected chi connectivity index (χ3v) is 4.32. The van der Waals surface area contributed by atoms with Gasteiger partial charge < -0.3 is 15.4 Å². The summed E-state index contributed by atoms with van der Waals surface area (Å²) in [5.41, 5.74) is 3.49. The van der Waals surface area contributed by atoms with Crippen molar-refractivity contribution in [2.24, 2.45) is 0 Å². The van der Waals surface area contributed by atoms with E-state index in [2.05, 4.69) is 58.7 Å². The van der Waals surface area contributed by atoms with Gasteiger partial charge in [0.25, 0.3) is 0 Å². The first-order chi connectivity index (χ1) is 13.0. The van der Waals surface area contributed by atoms with E-state index >= 15 is 0 Å². The van der Waals surface area contributed by atoms with Crippen molar-refractivity contribution in [3.05, 3.63) is 71.5 Å². The van der Waals surface area contributed by atoms with Gasteiger partial charge in [-0.2, -0.15) is 0 Å². The van der Waals surface area contributed by atoms with Gasteiger partial charge >= 0.3 is 0 Å². The van der Waals surface area contributed by atoms with Crippen LogP contribution in [0.15, 0.2) is 54.6 Å². The van der Waals surface area contributed by atoms with Crippen LogP contribution in [0, 0.1) is 6.92 Å². The summed E-state index contributed by atoms with van der Waals surface area (Å²) in [6.07, 6.45) is 0. The van der Waals surface area contributed by atoms with Crippen LogP contribution in [0.25, 0.3) is 0 Å². The van der Waals surface area contributed by atoms with Crippen LogP contribution in [0.3, 0.4) is 0 Å². The van der Waals surface area contributed by atoms with Crippen LogP contribution in [-0.2, 0) is 6.54 Å². The second-order valence-corrected chi connectivity index (χ2v) is 6.79. The van der Waals surface area contributed by atoms with Crippen molar-refractivity contribution in [1.29, 1.82) is 0 Å². The molecule has 5 heteroatoms. The van der Waals surface area contributed by atoms with E-state index in [1.807, 2.05) is 37.3 Å². The fraction of sp³-hybridized carbons (Fsp3) is 0.273. The number of aromatic nitrogens is 2. The van der Waals surface area contributed by atoms with Crippen molar-refractivity contribution in [3.8, 4) is 5.75 Å². The second kappa shape index (κ2) is 8.54. The number of ether oxygens (including phenoxy) is 1. The molecule has 0 saturated heterocycles. The Morgan fingerprint density at radius 3 is 2.22 bits per heavy atom. The minimum Gasteiger partial charge on any atom is -0.497 e. The maximum atomic E-state index is 5.19. The molecule has 2 N–H and O–H groups in total. The molecule has 0 radical (unpaired) electrons. The van der Waals surface area contributed by atoms with E-state index in [4.69, 9.17) is 4.74 Å². The Hall–Kier alpha value is -3.08. The van der Waals surface area contributed by atoms with Crippen LogP contribution in [0.1, 0.15) is 36.7 Å². The molecule has 0 saturated carbocycles. The number of hydrogen-bond donors (Lipinski definition) is 2. The minimum absolute atomic E-state index is 0.522. The van der Waals surface area contributed by atoms with Crippen molar-refractivity contribution in [2.75, 3.05) is 17.7 Å². The van der Waals surface area contributed by atoms with Gasteiger partial charge in [-0.1, -0.05) is 38.1 Å². The topological polar surface area (TPSA) is 59.1 Å². The molecule has 27 heavy (non-hydrogen) atoms. The molecule has 3 rings (SSSR count). The van der Waals surface area contributed by atoms with Gasteiger partial charge in [0.1, 0.15) is 23.2 Å². The predicted molar refractivity (Wildman–Crippen MR) is 111 cm³/mol. The average molecular weight is 362 g/mol. The van der Waals surface area contributed by atoms with E-state index in [-0.39, 0.29) is 0 Å². The molecular formula is C22H26N4O. The quantitative estimate of drug-likeness (QED) is 0.599. The highest BCUT2D eigenvalue weighted by Crippen LogP contribution is 2.21. The monoisotopic (exact) mass is 362 g/mol. The summed E-state index contributed by atoms with van der Waals surface area (Å²) in [4.78, 5) is 8.96. The second-order valence-electron chi connectivity index (χ2n) is 6.79. The number of benzene rings is 2. The Labute approximate surface area is 160 Å². The molecule has 0 fully saturated rings. The molecule has 0 aliphatic rings. The molecule has 3 aromatic rings. The molecule has 1 aromatic heterocycles. The van der Waals surface area contributed by atoms with Crippen molar-refractivity contribution >= 4 is 17.3 Å². The van der Waals surface area contributed by atoms with Crippen molar-refractivity contribution < 1.29 is 4.74 Å². The first-order valence-electron chi connectivity index (χ1n) is 9.13. The molecule has 1 heterocycles. The lowest BCUT2D eigenvalue weighted by atomic mass is 10.0. The van der Waals surface area contributed by atoms with Crippen molar-refractivity contribution in [1.82, 2.24) is 9.97 Å². The molecular weight excluding hydrogens is 336 g/mol. The van der Waals surface area contributed by atoms with Gasteiger partial charge in [-0.25, -0.2) is 9.97 Å². The highest BCUT2D eigenvalue weighted by atomic mass is 16.5. The van der Waals surface area contributed by atoms with Gasteiger partial charge in [0.2, 0.25) is 0 Å². The summed E-state index contributed by atoms with van der Waals surface area (Å²) in [5.74, 6) is 3.66. The fourth-order valence-electron chi connectivity index (χ4n) is 2.76. The summed E-state index contributed by atoms with van der Waals surface area (Å²) >= 11 is 0. The lowest BCUT2D eigenvalue weighted by Gasteiger charge is -2.12. The van der Waals surface area contributed by atoms with Crippen LogP contribution in [0.5, 0.6) is 5.75 Å². The third-order valence-electron chi connectivity index (χ3n) is 4.32. The maximum Gasteiger partial charge on any atom is 0.136 e. The predicted octanol–water partition coefficient (Wildman–Crippen LogP) is 5.27. The zero-order valence-corrected chi connectivity index (χ0v) is 16.3. The number of hydrogen-bond acceptors (Lipinski definition) is 5. The van der Waals surface area contributed by atoms with Crippen LogP contribution >= 0.6 is 0 Å². The number of rotatable bonds is 7. The summed E-state index contributed by atoms with van der Waals surface area (Å²) in [6, 6.07) is 18.4. The minimum atomic E-state index is 0.522. The SMILES string of the molecule is COc1ccc(CNc2cc(Nc3ccc(C(C)C)cc3)nc(C)n2)cc1. The first kappa shape index (κ1) is 18.7. The molecule has 0 aliphatic carbocycles. The average Bonchev–Trinajstić information content (AvgIpc) is 2.67. The lowest BCUT2D eigenvalue weighted by molar-refractivity contribution is 0.414. The van der Waals surface area contributed by atoms with Gasteiger partial charge in [0.05, 0.1) is 7.11 Å². The molecule has 0 unspecified atom stereocenters. The Kier molecular flexibility index (Phi) is 5.91. The Morgan fingerprint density at radius 1 is 0.926 bits per heavy atom. The Balaban J connectivity index is 1.67. The van der Waals surface area contributed by atoms with Crippen LogP contribution in [-0.4, -0.2) is 17.1 Å². The summed E-state index contributed by atoms with van der Waals surface area (Å²) in [5, 5.41) is 6.71. The van der Waals surface area contributed by atoms with Gasteiger partial charge in [-0.15, -0.1) is 0 Å². The molecule has 0 spiro atoms. The van der Waals surface area contributed by atoms with Gasteiger partial charge in [-0.3, -0.25) is 0 Å². The molecule has 5 nitrogen and oxygen atoms in total. The molecule has 0 bridgehead atoms. The van der Waals surface area contributed by atoms with E-state index in [1.54, 1.807) is 7.11 Å². The third kappa shape index (κ3) is 5.20. The van der Waals surface area contributed by atoms with E-state index in [0.29, 0.717) is 12.5 Å².